The van der Waals surface area contributed by atoms with Crippen molar-refractivity contribution in [1.29, 1.82) is 0 Å². The Morgan fingerprint density at radius 2 is 1.71 bits per heavy atom. The Hall–Kier alpha value is -3.56. The van der Waals surface area contributed by atoms with E-state index in [1.165, 1.54) is 19.2 Å². The molecule has 1 amide bonds. The van der Waals surface area contributed by atoms with Crippen LogP contribution in [0.15, 0.2) is 77.7 Å². The number of hydrogen-bond donors (Lipinski definition) is 2. The lowest BCUT2D eigenvalue weighted by Crippen LogP contribution is -2.37. The third-order valence-electron chi connectivity index (χ3n) is 5.77. The SMILES string of the molecule is COc1ccc(S(=O)(=O)Nc2cc(C(=O)NCCc3ccccc3)ccc2N2CCOCC2)cc1. The van der Waals surface area contributed by atoms with Crippen LogP contribution in [-0.2, 0) is 21.2 Å². The normalized spacial score (nSPS) is 13.8. The molecule has 3 aromatic carbocycles. The Balaban J connectivity index is 1.56. The van der Waals surface area contributed by atoms with Gasteiger partial charge < -0.3 is 19.7 Å². The Morgan fingerprint density at radius 3 is 2.40 bits per heavy atom. The molecule has 0 atom stereocenters. The number of carbonyl (C=O) groups is 1. The van der Waals surface area contributed by atoms with Crippen molar-refractivity contribution in [2.75, 3.05) is 49.6 Å². The number of nitrogens with zero attached hydrogens (tertiary/aromatic N) is 1. The molecule has 35 heavy (non-hydrogen) atoms. The predicted octanol–water partition coefficient (Wildman–Crippen LogP) is 3.31. The highest BCUT2D eigenvalue weighted by atomic mass is 32.2. The topological polar surface area (TPSA) is 97.0 Å². The number of anilines is 2. The van der Waals surface area contributed by atoms with Crippen LogP contribution in [0.1, 0.15) is 15.9 Å². The van der Waals surface area contributed by atoms with Gasteiger partial charge in [0, 0.05) is 25.2 Å². The summed E-state index contributed by atoms with van der Waals surface area (Å²) in [6, 6.07) is 21.1. The summed E-state index contributed by atoms with van der Waals surface area (Å²) in [5.74, 6) is 0.298. The first-order valence-electron chi connectivity index (χ1n) is 11.4. The summed E-state index contributed by atoms with van der Waals surface area (Å²) in [6.07, 6.45) is 0.704. The van der Waals surface area contributed by atoms with E-state index in [9.17, 15) is 13.2 Å². The molecule has 9 heteroatoms. The minimum atomic E-state index is -3.89. The number of ether oxygens (including phenoxy) is 2. The van der Waals surface area contributed by atoms with Gasteiger partial charge in [0.15, 0.2) is 0 Å². The third-order valence-corrected chi connectivity index (χ3v) is 7.15. The summed E-state index contributed by atoms with van der Waals surface area (Å²) in [5.41, 5.74) is 2.55. The van der Waals surface area contributed by atoms with Gasteiger partial charge in [-0.25, -0.2) is 8.42 Å². The number of sulfonamides is 1. The summed E-state index contributed by atoms with van der Waals surface area (Å²) < 4.78 is 39.5. The third kappa shape index (κ3) is 6.32. The Labute approximate surface area is 205 Å². The first kappa shape index (κ1) is 24.6. The van der Waals surface area contributed by atoms with Crippen LogP contribution < -0.4 is 19.7 Å². The standard InChI is InChI=1S/C26H29N3O5S/c1-33-22-8-10-23(11-9-22)35(31,32)28-24-19-21(7-12-25(24)29-15-17-34-18-16-29)26(30)27-14-13-20-5-3-2-4-6-20/h2-12,19,28H,13-18H2,1H3,(H,27,30). The van der Waals surface area contributed by atoms with Crippen molar-refractivity contribution < 1.29 is 22.7 Å². The van der Waals surface area contributed by atoms with Crippen molar-refractivity contribution in [2.45, 2.75) is 11.3 Å². The number of methoxy groups -OCH3 is 1. The minimum Gasteiger partial charge on any atom is -0.497 e. The van der Waals surface area contributed by atoms with Gasteiger partial charge in [-0.2, -0.15) is 0 Å². The summed E-state index contributed by atoms with van der Waals surface area (Å²) >= 11 is 0. The zero-order chi connectivity index (χ0) is 24.7. The van der Waals surface area contributed by atoms with Gasteiger partial charge in [-0.15, -0.1) is 0 Å². The second kappa shape index (κ2) is 11.2. The zero-order valence-electron chi connectivity index (χ0n) is 19.6. The molecule has 1 heterocycles. The molecule has 4 rings (SSSR count). The van der Waals surface area contributed by atoms with Crippen LogP contribution in [0.25, 0.3) is 0 Å². The van der Waals surface area contributed by atoms with Crippen molar-refractivity contribution in [1.82, 2.24) is 5.32 Å². The fourth-order valence-electron chi connectivity index (χ4n) is 3.86. The molecule has 3 aromatic rings. The van der Waals surface area contributed by atoms with E-state index in [4.69, 9.17) is 9.47 Å². The fourth-order valence-corrected chi connectivity index (χ4v) is 4.93. The molecule has 1 saturated heterocycles. The lowest BCUT2D eigenvalue weighted by Gasteiger charge is -2.31. The number of rotatable bonds is 9. The van der Waals surface area contributed by atoms with Gasteiger partial charge in [-0.3, -0.25) is 9.52 Å². The first-order chi connectivity index (χ1) is 17.0. The lowest BCUT2D eigenvalue weighted by molar-refractivity contribution is 0.0954. The summed E-state index contributed by atoms with van der Waals surface area (Å²) in [5, 5.41) is 2.92. The van der Waals surface area contributed by atoms with Crippen LogP contribution in [0.3, 0.4) is 0 Å². The van der Waals surface area contributed by atoms with Crippen LogP contribution in [0.5, 0.6) is 5.75 Å². The number of hydrogen-bond acceptors (Lipinski definition) is 6. The molecule has 0 aromatic heterocycles. The van der Waals surface area contributed by atoms with Gasteiger partial charge in [0.1, 0.15) is 5.75 Å². The molecule has 8 nitrogen and oxygen atoms in total. The maximum atomic E-state index is 13.2. The van der Waals surface area contributed by atoms with Crippen LogP contribution >= 0.6 is 0 Å². The number of amides is 1. The van der Waals surface area contributed by atoms with E-state index in [1.54, 1.807) is 30.3 Å². The molecule has 0 aliphatic carbocycles. The maximum absolute atomic E-state index is 13.2. The molecule has 0 radical (unpaired) electrons. The fraction of sp³-hybridized carbons (Fsp3) is 0.269. The smallest absolute Gasteiger partial charge is 0.261 e. The first-order valence-corrected chi connectivity index (χ1v) is 12.9. The van der Waals surface area contributed by atoms with E-state index in [1.807, 2.05) is 35.2 Å². The van der Waals surface area contributed by atoms with Crippen molar-refractivity contribution in [3.05, 3.63) is 83.9 Å². The van der Waals surface area contributed by atoms with Crippen molar-refractivity contribution in [2.24, 2.45) is 0 Å². The van der Waals surface area contributed by atoms with Crippen molar-refractivity contribution in [3.8, 4) is 5.75 Å². The highest BCUT2D eigenvalue weighted by Crippen LogP contribution is 2.30. The number of carbonyl (C=O) groups excluding carboxylic acids is 1. The van der Waals surface area contributed by atoms with Gasteiger partial charge in [0.2, 0.25) is 0 Å². The van der Waals surface area contributed by atoms with Gasteiger partial charge in [-0.05, 0) is 54.4 Å². The molecule has 1 aliphatic heterocycles. The molecule has 2 N–H and O–H groups in total. The minimum absolute atomic E-state index is 0.101. The average Bonchev–Trinajstić information content (AvgIpc) is 2.89. The van der Waals surface area contributed by atoms with E-state index in [0.717, 1.165) is 5.56 Å². The van der Waals surface area contributed by atoms with Crippen LogP contribution in [0, 0.1) is 0 Å². The molecule has 0 saturated carbocycles. The Bertz CT molecular complexity index is 1240. The quantitative estimate of drug-likeness (QED) is 0.473. The van der Waals surface area contributed by atoms with Gasteiger partial charge in [0.25, 0.3) is 15.9 Å². The summed E-state index contributed by atoms with van der Waals surface area (Å²) in [6.45, 7) is 2.82. The molecule has 0 spiro atoms. The largest absolute Gasteiger partial charge is 0.497 e. The lowest BCUT2D eigenvalue weighted by atomic mass is 10.1. The van der Waals surface area contributed by atoms with Crippen molar-refractivity contribution in [3.63, 3.8) is 0 Å². The molecular formula is C26H29N3O5S. The van der Waals surface area contributed by atoms with Gasteiger partial charge in [0.05, 0.1) is 36.6 Å². The van der Waals surface area contributed by atoms with E-state index in [-0.39, 0.29) is 10.8 Å². The maximum Gasteiger partial charge on any atom is 0.261 e. The Kier molecular flexibility index (Phi) is 7.89. The monoisotopic (exact) mass is 495 g/mol. The van der Waals surface area contributed by atoms with E-state index in [2.05, 4.69) is 10.0 Å². The van der Waals surface area contributed by atoms with E-state index >= 15 is 0 Å². The average molecular weight is 496 g/mol. The second-order valence-corrected chi connectivity index (χ2v) is 9.79. The molecule has 184 valence electrons. The number of nitrogens with one attached hydrogen (secondary N) is 2. The molecular weight excluding hydrogens is 466 g/mol. The van der Waals surface area contributed by atoms with Gasteiger partial charge >= 0.3 is 0 Å². The van der Waals surface area contributed by atoms with Crippen LogP contribution in [0.4, 0.5) is 11.4 Å². The number of benzene rings is 3. The predicted molar refractivity (Wildman–Crippen MR) is 136 cm³/mol. The van der Waals surface area contributed by atoms with E-state index < -0.39 is 10.0 Å². The zero-order valence-corrected chi connectivity index (χ0v) is 20.4. The second-order valence-electron chi connectivity index (χ2n) is 8.10. The molecule has 1 fully saturated rings. The number of morpholine rings is 1. The van der Waals surface area contributed by atoms with Crippen LogP contribution in [-0.4, -0.2) is 54.3 Å². The van der Waals surface area contributed by atoms with E-state index in [0.29, 0.717) is 62.0 Å². The molecule has 0 bridgehead atoms. The highest BCUT2D eigenvalue weighted by molar-refractivity contribution is 7.92. The Morgan fingerprint density at radius 1 is 1.00 bits per heavy atom. The highest BCUT2D eigenvalue weighted by Gasteiger charge is 2.21. The van der Waals surface area contributed by atoms with Crippen LogP contribution in [0.2, 0.25) is 0 Å². The summed E-state index contributed by atoms with van der Waals surface area (Å²) in [7, 11) is -2.37. The summed E-state index contributed by atoms with van der Waals surface area (Å²) in [4.78, 5) is 15.0. The molecule has 1 aliphatic rings. The van der Waals surface area contributed by atoms with Gasteiger partial charge in [-0.1, -0.05) is 30.3 Å². The molecule has 0 unspecified atom stereocenters. The van der Waals surface area contributed by atoms with Crippen molar-refractivity contribution >= 4 is 27.3 Å².